The minimum atomic E-state index is -0.196. The fourth-order valence-electron chi connectivity index (χ4n) is 1.61. The zero-order valence-electron chi connectivity index (χ0n) is 10.3. The molecular weight excluding hydrogens is 205 g/mol. The molecule has 0 radical (unpaired) electrons. The zero-order chi connectivity index (χ0) is 12.1. The summed E-state index contributed by atoms with van der Waals surface area (Å²) in [5.74, 6) is -0.196. The third-order valence-electron chi connectivity index (χ3n) is 2.94. The van der Waals surface area contributed by atoms with Crippen LogP contribution in [-0.4, -0.2) is 19.3 Å². The molecule has 3 heteroatoms. The lowest BCUT2D eigenvalue weighted by atomic mass is 10.1. The van der Waals surface area contributed by atoms with Gasteiger partial charge in [0, 0.05) is 19.2 Å². The van der Waals surface area contributed by atoms with Crippen molar-refractivity contribution in [3.63, 3.8) is 0 Å². The molecule has 0 amide bonds. The Labute approximate surface area is 96.8 Å². The second-order valence-corrected chi connectivity index (χ2v) is 4.17. The monoisotopic (exact) mass is 225 g/mol. The second kappa shape index (κ2) is 5.97. The average molecular weight is 225 g/mol. The predicted molar refractivity (Wildman–Crippen MR) is 63.9 cm³/mol. The summed E-state index contributed by atoms with van der Waals surface area (Å²) < 4.78 is 18.3. The van der Waals surface area contributed by atoms with Crippen LogP contribution in [0.4, 0.5) is 4.39 Å². The summed E-state index contributed by atoms with van der Waals surface area (Å²) in [7, 11) is 1.69. The molecule has 0 heterocycles. The van der Waals surface area contributed by atoms with Gasteiger partial charge in [-0.2, -0.15) is 0 Å². The maximum absolute atomic E-state index is 13.0. The SMILES string of the molecule is COC(C)C(C)NC(C)c1cccc(F)c1. The summed E-state index contributed by atoms with van der Waals surface area (Å²) in [6, 6.07) is 7.00. The van der Waals surface area contributed by atoms with Crippen LogP contribution in [-0.2, 0) is 4.74 Å². The molecule has 90 valence electrons. The maximum Gasteiger partial charge on any atom is 0.123 e. The Balaban J connectivity index is 2.61. The van der Waals surface area contributed by atoms with Gasteiger partial charge in [-0.3, -0.25) is 0 Å². The first-order valence-electron chi connectivity index (χ1n) is 5.59. The Morgan fingerprint density at radius 3 is 2.50 bits per heavy atom. The van der Waals surface area contributed by atoms with E-state index in [0.29, 0.717) is 0 Å². The van der Waals surface area contributed by atoms with E-state index in [2.05, 4.69) is 12.2 Å². The normalized spacial score (nSPS) is 16.8. The van der Waals surface area contributed by atoms with Crippen molar-refractivity contribution in [2.45, 2.75) is 39.0 Å². The highest BCUT2D eigenvalue weighted by atomic mass is 19.1. The number of methoxy groups -OCH3 is 1. The molecule has 3 unspecified atom stereocenters. The molecule has 3 atom stereocenters. The molecule has 1 N–H and O–H groups in total. The standard InChI is InChI=1S/C13H20FNO/c1-9(11(3)16-4)15-10(2)12-6-5-7-13(14)8-12/h5-11,15H,1-4H3. The van der Waals surface area contributed by atoms with E-state index in [4.69, 9.17) is 4.74 Å². The van der Waals surface area contributed by atoms with Gasteiger partial charge in [-0.25, -0.2) is 4.39 Å². The summed E-state index contributed by atoms with van der Waals surface area (Å²) in [6.45, 7) is 6.09. The van der Waals surface area contributed by atoms with Crippen molar-refractivity contribution in [2.75, 3.05) is 7.11 Å². The second-order valence-electron chi connectivity index (χ2n) is 4.17. The van der Waals surface area contributed by atoms with Gasteiger partial charge in [0.2, 0.25) is 0 Å². The van der Waals surface area contributed by atoms with Crippen LogP contribution in [0.3, 0.4) is 0 Å². The summed E-state index contributed by atoms with van der Waals surface area (Å²) >= 11 is 0. The van der Waals surface area contributed by atoms with Crippen molar-refractivity contribution in [1.29, 1.82) is 0 Å². The van der Waals surface area contributed by atoms with Gasteiger partial charge >= 0.3 is 0 Å². The number of rotatable bonds is 5. The van der Waals surface area contributed by atoms with Crippen molar-refractivity contribution in [2.24, 2.45) is 0 Å². The van der Waals surface area contributed by atoms with E-state index in [9.17, 15) is 4.39 Å². The highest BCUT2D eigenvalue weighted by Crippen LogP contribution is 2.15. The number of hydrogen-bond acceptors (Lipinski definition) is 2. The van der Waals surface area contributed by atoms with E-state index >= 15 is 0 Å². The lowest BCUT2D eigenvalue weighted by Crippen LogP contribution is -2.38. The first-order valence-corrected chi connectivity index (χ1v) is 5.59. The summed E-state index contributed by atoms with van der Waals surface area (Å²) in [4.78, 5) is 0. The number of benzene rings is 1. The smallest absolute Gasteiger partial charge is 0.123 e. The van der Waals surface area contributed by atoms with E-state index in [1.54, 1.807) is 19.2 Å². The van der Waals surface area contributed by atoms with Crippen molar-refractivity contribution >= 4 is 0 Å². The molecule has 0 saturated heterocycles. The molecule has 1 aromatic carbocycles. The van der Waals surface area contributed by atoms with Crippen LogP contribution in [0.2, 0.25) is 0 Å². The minimum Gasteiger partial charge on any atom is -0.380 e. The fraction of sp³-hybridized carbons (Fsp3) is 0.538. The largest absolute Gasteiger partial charge is 0.380 e. The first-order chi connectivity index (χ1) is 7.54. The van der Waals surface area contributed by atoms with E-state index in [0.717, 1.165) is 5.56 Å². The lowest BCUT2D eigenvalue weighted by Gasteiger charge is -2.24. The van der Waals surface area contributed by atoms with Crippen LogP contribution in [0.5, 0.6) is 0 Å². The van der Waals surface area contributed by atoms with Crippen molar-refractivity contribution in [1.82, 2.24) is 5.32 Å². The van der Waals surface area contributed by atoms with Crippen molar-refractivity contribution in [3.8, 4) is 0 Å². The zero-order valence-corrected chi connectivity index (χ0v) is 10.3. The molecule has 1 aromatic rings. The van der Waals surface area contributed by atoms with Gasteiger partial charge in [0.1, 0.15) is 5.82 Å². The predicted octanol–water partition coefficient (Wildman–Crippen LogP) is 2.90. The van der Waals surface area contributed by atoms with Crippen LogP contribution in [0.15, 0.2) is 24.3 Å². The van der Waals surface area contributed by atoms with Gasteiger partial charge < -0.3 is 10.1 Å². The van der Waals surface area contributed by atoms with E-state index in [-0.39, 0.29) is 24.0 Å². The number of nitrogens with one attached hydrogen (secondary N) is 1. The Bertz CT molecular complexity index is 329. The molecule has 0 fully saturated rings. The molecule has 1 rings (SSSR count). The Kier molecular flexibility index (Phi) is 4.90. The molecule has 0 aromatic heterocycles. The molecule has 2 nitrogen and oxygen atoms in total. The maximum atomic E-state index is 13.0. The number of halogens is 1. The first kappa shape index (κ1) is 13.1. The summed E-state index contributed by atoms with van der Waals surface area (Å²) in [5, 5.41) is 3.38. The van der Waals surface area contributed by atoms with E-state index < -0.39 is 0 Å². The molecular formula is C13H20FNO. The Morgan fingerprint density at radius 1 is 1.25 bits per heavy atom. The van der Waals surface area contributed by atoms with Crippen molar-refractivity contribution in [3.05, 3.63) is 35.6 Å². The topological polar surface area (TPSA) is 21.3 Å². The Hall–Kier alpha value is -0.930. The summed E-state index contributed by atoms with van der Waals surface area (Å²) in [6.07, 6.45) is 0.135. The molecule has 0 saturated carbocycles. The lowest BCUT2D eigenvalue weighted by molar-refractivity contribution is 0.0852. The van der Waals surface area contributed by atoms with E-state index in [1.807, 2.05) is 19.9 Å². The van der Waals surface area contributed by atoms with Gasteiger partial charge in [-0.1, -0.05) is 12.1 Å². The third-order valence-corrected chi connectivity index (χ3v) is 2.94. The molecule has 0 spiro atoms. The number of ether oxygens (including phenoxy) is 1. The molecule has 16 heavy (non-hydrogen) atoms. The van der Waals surface area contributed by atoms with Gasteiger partial charge in [-0.15, -0.1) is 0 Å². The highest BCUT2D eigenvalue weighted by Gasteiger charge is 2.14. The quantitative estimate of drug-likeness (QED) is 0.832. The van der Waals surface area contributed by atoms with Crippen LogP contribution >= 0.6 is 0 Å². The van der Waals surface area contributed by atoms with Gasteiger partial charge in [0.25, 0.3) is 0 Å². The molecule has 0 aliphatic carbocycles. The number of hydrogen-bond donors (Lipinski definition) is 1. The molecule has 0 aliphatic heterocycles. The van der Waals surface area contributed by atoms with Crippen LogP contribution in [0.1, 0.15) is 32.4 Å². The summed E-state index contributed by atoms with van der Waals surface area (Å²) in [5.41, 5.74) is 0.954. The molecule has 0 aliphatic rings. The highest BCUT2D eigenvalue weighted by molar-refractivity contribution is 5.19. The third kappa shape index (κ3) is 3.58. The van der Waals surface area contributed by atoms with Gasteiger partial charge in [0.05, 0.1) is 6.10 Å². The molecule has 0 bridgehead atoms. The average Bonchev–Trinajstić information content (AvgIpc) is 2.27. The van der Waals surface area contributed by atoms with Crippen molar-refractivity contribution < 1.29 is 9.13 Å². The van der Waals surface area contributed by atoms with Gasteiger partial charge in [-0.05, 0) is 38.5 Å². The van der Waals surface area contributed by atoms with Crippen LogP contribution < -0.4 is 5.32 Å². The van der Waals surface area contributed by atoms with Gasteiger partial charge in [0.15, 0.2) is 0 Å². The minimum absolute atomic E-state index is 0.114. The van der Waals surface area contributed by atoms with Crippen LogP contribution in [0, 0.1) is 5.82 Å². The Morgan fingerprint density at radius 2 is 1.94 bits per heavy atom. The van der Waals surface area contributed by atoms with E-state index in [1.165, 1.54) is 6.07 Å². The van der Waals surface area contributed by atoms with Crippen LogP contribution in [0.25, 0.3) is 0 Å². The fourth-order valence-corrected chi connectivity index (χ4v) is 1.61.